The van der Waals surface area contributed by atoms with Gasteiger partial charge in [0.05, 0.1) is 17.8 Å². The first kappa shape index (κ1) is 15.2. The van der Waals surface area contributed by atoms with Crippen molar-refractivity contribution >= 4 is 32.5 Å². The van der Waals surface area contributed by atoms with Gasteiger partial charge >= 0.3 is 0 Å². The number of hydrogen-bond donors (Lipinski definition) is 2. The molecular weight excluding hydrogens is 318 g/mol. The Bertz CT molecular complexity index is 562. The molecule has 3 N–H and O–H groups in total. The normalized spacial score (nSPS) is 12.6. The Morgan fingerprint density at radius 2 is 2.30 bits per heavy atom. The summed E-state index contributed by atoms with van der Waals surface area (Å²) >= 11 is 3.45. The molecular formula is C15H20BrN3O. The zero-order valence-electron chi connectivity index (χ0n) is 11.6. The standard InChI is InChI=1S/C15H20BrN3O/c1-20-10-13(5-3-7-17)19-14-6-2-4-11-8-12(16)9-18-15(11)14/h2,4,6,8-9,13,19H,3,5,7,10,17H2,1H3. The first-order valence-corrected chi connectivity index (χ1v) is 7.53. The van der Waals surface area contributed by atoms with Crippen molar-refractivity contribution in [2.75, 3.05) is 25.6 Å². The number of nitrogens with zero attached hydrogens (tertiary/aromatic N) is 1. The summed E-state index contributed by atoms with van der Waals surface area (Å²) in [6.45, 7) is 1.36. The van der Waals surface area contributed by atoms with E-state index >= 15 is 0 Å². The number of nitrogens with one attached hydrogen (secondary N) is 1. The van der Waals surface area contributed by atoms with Crippen LogP contribution in [0.2, 0.25) is 0 Å². The van der Waals surface area contributed by atoms with E-state index in [4.69, 9.17) is 10.5 Å². The fourth-order valence-electron chi connectivity index (χ4n) is 2.23. The molecule has 0 radical (unpaired) electrons. The highest BCUT2D eigenvalue weighted by molar-refractivity contribution is 9.10. The Morgan fingerprint density at radius 1 is 1.45 bits per heavy atom. The topological polar surface area (TPSA) is 60.2 Å². The van der Waals surface area contributed by atoms with Gasteiger partial charge in [-0.05, 0) is 47.4 Å². The monoisotopic (exact) mass is 337 g/mol. The van der Waals surface area contributed by atoms with Crippen molar-refractivity contribution < 1.29 is 4.74 Å². The molecule has 2 rings (SSSR count). The molecule has 20 heavy (non-hydrogen) atoms. The Labute approximate surface area is 127 Å². The molecule has 0 saturated heterocycles. The maximum atomic E-state index is 5.59. The van der Waals surface area contributed by atoms with Gasteiger partial charge in [0.1, 0.15) is 0 Å². The van der Waals surface area contributed by atoms with E-state index in [1.165, 1.54) is 0 Å². The predicted octanol–water partition coefficient (Wildman–Crippen LogP) is 3.16. The van der Waals surface area contributed by atoms with Crippen molar-refractivity contribution in [2.45, 2.75) is 18.9 Å². The molecule has 0 aliphatic heterocycles. The van der Waals surface area contributed by atoms with E-state index in [1.54, 1.807) is 7.11 Å². The molecule has 4 nitrogen and oxygen atoms in total. The molecule has 0 fully saturated rings. The summed E-state index contributed by atoms with van der Waals surface area (Å²) in [5, 5.41) is 4.63. The maximum absolute atomic E-state index is 5.59. The minimum Gasteiger partial charge on any atom is -0.383 e. The molecule has 0 aliphatic carbocycles. The number of para-hydroxylation sites is 1. The number of hydrogen-bond acceptors (Lipinski definition) is 4. The lowest BCUT2D eigenvalue weighted by Gasteiger charge is -2.19. The third-order valence-corrected chi connectivity index (χ3v) is 3.60. The molecule has 0 aliphatic rings. The van der Waals surface area contributed by atoms with E-state index in [0.717, 1.165) is 33.9 Å². The van der Waals surface area contributed by atoms with Crippen molar-refractivity contribution in [1.29, 1.82) is 0 Å². The molecule has 1 heterocycles. The molecule has 1 aromatic heterocycles. The lowest BCUT2D eigenvalue weighted by Crippen LogP contribution is -2.26. The molecule has 2 aromatic rings. The van der Waals surface area contributed by atoms with Crippen LogP contribution >= 0.6 is 15.9 Å². The summed E-state index contributed by atoms with van der Waals surface area (Å²) in [6, 6.07) is 8.46. The fraction of sp³-hybridized carbons (Fsp3) is 0.400. The maximum Gasteiger partial charge on any atom is 0.0934 e. The number of anilines is 1. The zero-order valence-corrected chi connectivity index (χ0v) is 13.2. The van der Waals surface area contributed by atoms with Crippen molar-refractivity contribution in [2.24, 2.45) is 5.73 Å². The molecule has 1 atom stereocenters. The largest absolute Gasteiger partial charge is 0.383 e. The smallest absolute Gasteiger partial charge is 0.0934 e. The van der Waals surface area contributed by atoms with E-state index in [9.17, 15) is 0 Å². The van der Waals surface area contributed by atoms with Crippen LogP contribution in [0.5, 0.6) is 0 Å². The molecule has 0 spiro atoms. The van der Waals surface area contributed by atoms with E-state index in [1.807, 2.05) is 18.3 Å². The summed E-state index contributed by atoms with van der Waals surface area (Å²) in [6.07, 6.45) is 3.78. The summed E-state index contributed by atoms with van der Waals surface area (Å²) in [7, 11) is 1.72. The number of methoxy groups -OCH3 is 1. The van der Waals surface area contributed by atoms with Gasteiger partial charge in [-0.25, -0.2) is 0 Å². The second-order valence-corrected chi connectivity index (χ2v) is 5.67. The van der Waals surface area contributed by atoms with E-state index in [-0.39, 0.29) is 6.04 Å². The van der Waals surface area contributed by atoms with Gasteiger partial charge in [-0.3, -0.25) is 4.98 Å². The van der Waals surface area contributed by atoms with Gasteiger partial charge in [-0.15, -0.1) is 0 Å². The summed E-state index contributed by atoms with van der Waals surface area (Å²) < 4.78 is 6.26. The highest BCUT2D eigenvalue weighted by Gasteiger charge is 2.10. The van der Waals surface area contributed by atoms with Crippen molar-refractivity contribution in [3.63, 3.8) is 0 Å². The molecule has 0 bridgehead atoms. The average molecular weight is 338 g/mol. The number of halogens is 1. The molecule has 0 saturated carbocycles. The van der Waals surface area contributed by atoms with E-state index in [2.05, 4.69) is 38.4 Å². The Balaban J connectivity index is 2.22. The zero-order chi connectivity index (χ0) is 14.4. The highest BCUT2D eigenvalue weighted by atomic mass is 79.9. The van der Waals surface area contributed by atoms with Gasteiger partial charge in [0, 0.05) is 29.2 Å². The number of fused-ring (bicyclic) bond motifs is 1. The summed E-state index contributed by atoms with van der Waals surface area (Å²) in [5.74, 6) is 0. The fourth-order valence-corrected chi connectivity index (χ4v) is 2.58. The van der Waals surface area contributed by atoms with Crippen LogP contribution in [0.1, 0.15) is 12.8 Å². The van der Waals surface area contributed by atoms with Crippen LogP contribution in [0.4, 0.5) is 5.69 Å². The number of rotatable bonds is 7. The SMILES string of the molecule is COCC(CCCN)Nc1cccc2cc(Br)cnc12. The second kappa shape index (κ2) is 7.57. The number of aromatic nitrogens is 1. The molecule has 5 heteroatoms. The predicted molar refractivity (Wildman–Crippen MR) is 87.0 cm³/mol. The van der Waals surface area contributed by atoms with Gasteiger partial charge in [-0.2, -0.15) is 0 Å². The van der Waals surface area contributed by atoms with Crippen molar-refractivity contribution in [3.05, 3.63) is 34.9 Å². The van der Waals surface area contributed by atoms with Gasteiger partial charge in [0.15, 0.2) is 0 Å². The lowest BCUT2D eigenvalue weighted by atomic mass is 10.1. The van der Waals surface area contributed by atoms with Gasteiger partial charge in [0.2, 0.25) is 0 Å². The quantitative estimate of drug-likeness (QED) is 0.814. The van der Waals surface area contributed by atoms with Crippen LogP contribution in [0.15, 0.2) is 34.9 Å². The van der Waals surface area contributed by atoms with Gasteiger partial charge in [0.25, 0.3) is 0 Å². The van der Waals surface area contributed by atoms with Crippen LogP contribution in [0.25, 0.3) is 10.9 Å². The lowest BCUT2D eigenvalue weighted by molar-refractivity contribution is 0.182. The third kappa shape index (κ3) is 3.91. The highest BCUT2D eigenvalue weighted by Crippen LogP contribution is 2.24. The Kier molecular flexibility index (Phi) is 5.76. The Hall–Kier alpha value is -1.17. The van der Waals surface area contributed by atoms with Gasteiger partial charge in [-0.1, -0.05) is 12.1 Å². The first-order chi connectivity index (χ1) is 9.74. The first-order valence-electron chi connectivity index (χ1n) is 6.74. The average Bonchev–Trinajstić information content (AvgIpc) is 2.45. The number of pyridine rings is 1. The summed E-state index contributed by atoms with van der Waals surface area (Å²) in [4.78, 5) is 4.50. The second-order valence-electron chi connectivity index (χ2n) is 4.76. The number of benzene rings is 1. The van der Waals surface area contributed by atoms with Crippen LogP contribution in [-0.2, 0) is 4.74 Å². The number of nitrogens with two attached hydrogens (primary N) is 1. The molecule has 1 unspecified atom stereocenters. The van der Waals surface area contributed by atoms with Crippen molar-refractivity contribution in [1.82, 2.24) is 4.98 Å². The van der Waals surface area contributed by atoms with Gasteiger partial charge < -0.3 is 15.8 Å². The van der Waals surface area contributed by atoms with Crippen LogP contribution in [-0.4, -0.2) is 31.3 Å². The minimum absolute atomic E-state index is 0.250. The van der Waals surface area contributed by atoms with E-state index < -0.39 is 0 Å². The van der Waals surface area contributed by atoms with Crippen LogP contribution in [0.3, 0.4) is 0 Å². The summed E-state index contributed by atoms with van der Waals surface area (Å²) in [5.41, 5.74) is 7.60. The minimum atomic E-state index is 0.250. The Morgan fingerprint density at radius 3 is 3.05 bits per heavy atom. The van der Waals surface area contributed by atoms with Crippen LogP contribution in [0, 0.1) is 0 Å². The molecule has 1 aromatic carbocycles. The molecule has 108 valence electrons. The third-order valence-electron chi connectivity index (χ3n) is 3.16. The van der Waals surface area contributed by atoms with E-state index in [0.29, 0.717) is 13.2 Å². The van der Waals surface area contributed by atoms with Crippen molar-refractivity contribution in [3.8, 4) is 0 Å². The number of ether oxygens (including phenoxy) is 1. The van der Waals surface area contributed by atoms with Crippen LogP contribution < -0.4 is 11.1 Å². The molecule has 0 amide bonds.